The van der Waals surface area contributed by atoms with Crippen LogP contribution in [-0.2, 0) is 19.1 Å². The molecule has 1 aliphatic rings. The van der Waals surface area contributed by atoms with Crippen molar-refractivity contribution in [1.82, 2.24) is 0 Å². The van der Waals surface area contributed by atoms with Crippen molar-refractivity contribution in [2.75, 3.05) is 12.0 Å². The number of carbonyl (C=O) groups is 3. The number of hydrogen-bond donors (Lipinski definition) is 0. The predicted octanol–water partition coefficient (Wildman–Crippen LogP) is 2.47. The van der Waals surface area contributed by atoms with E-state index in [4.69, 9.17) is 0 Å². The number of nitrogens with zero attached hydrogens (tertiary/aromatic N) is 1. The van der Waals surface area contributed by atoms with Gasteiger partial charge in [-0.15, -0.1) is 0 Å². The topological polar surface area (TPSA) is 63.7 Å². The van der Waals surface area contributed by atoms with Crippen molar-refractivity contribution in [2.24, 2.45) is 5.41 Å². The lowest BCUT2D eigenvalue weighted by Gasteiger charge is -2.23. The van der Waals surface area contributed by atoms with Crippen molar-refractivity contribution in [3.63, 3.8) is 0 Å². The molecule has 1 heterocycles. The molecule has 1 aromatic rings. The van der Waals surface area contributed by atoms with Crippen LogP contribution in [0.2, 0.25) is 0 Å². The Labute approximate surface area is 129 Å². The van der Waals surface area contributed by atoms with Crippen LogP contribution in [0.1, 0.15) is 26.7 Å². The lowest BCUT2D eigenvalue weighted by atomic mass is 9.79. The SMILES string of the molecule is CCC1(C(C)=O)C/C(=C/C(=O)OC)N(c2ccccc2)C1=O. The zero-order valence-corrected chi connectivity index (χ0v) is 13.0. The normalized spacial score (nSPS) is 23.0. The molecule has 0 saturated carbocycles. The fourth-order valence-corrected chi connectivity index (χ4v) is 2.78. The van der Waals surface area contributed by atoms with Crippen LogP contribution < -0.4 is 4.90 Å². The van der Waals surface area contributed by atoms with E-state index in [1.165, 1.54) is 25.0 Å². The summed E-state index contributed by atoms with van der Waals surface area (Å²) < 4.78 is 4.66. The fraction of sp³-hybridized carbons (Fsp3) is 0.353. The maximum atomic E-state index is 12.9. The Bertz CT molecular complexity index is 635. The Morgan fingerprint density at radius 1 is 1.32 bits per heavy atom. The van der Waals surface area contributed by atoms with Gasteiger partial charge in [0.2, 0.25) is 5.91 Å². The number of para-hydroxylation sites is 1. The van der Waals surface area contributed by atoms with E-state index in [1.807, 2.05) is 13.0 Å². The highest BCUT2D eigenvalue weighted by Crippen LogP contribution is 2.44. The molecule has 5 nitrogen and oxygen atoms in total. The number of hydrogen-bond acceptors (Lipinski definition) is 4. The summed E-state index contributed by atoms with van der Waals surface area (Å²) in [6.45, 7) is 3.23. The molecule has 1 aromatic carbocycles. The molecule has 0 N–H and O–H groups in total. The standard InChI is InChI=1S/C17H19NO4/c1-4-17(12(2)19)11-14(10-15(20)22-3)18(16(17)21)13-8-6-5-7-9-13/h5-10H,4,11H2,1-3H3/b14-10-. The van der Waals surface area contributed by atoms with Crippen LogP contribution in [0.4, 0.5) is 5.69 Å². The maximum Gasteiger partial charge on any atom is 0.332 e. The van der Waals surface area contributed by atoms with E-state index in [0.29, 0.717) is 17.8 Å². The number of anilines is 1. The molecule has 0 spiro atoms. The van der Waals surface area contributed by atoms with E-state index >= 15 is 0 Å². The van der Waals surface area contributed by atoms with Crippen LogP contribution >= 0.6 is 0 Å². The smallest absolute Gasteiger partial charge is 0.332 e. The van der Waals surface area contributed by atoms with Gasteiger partial charge < -0.3 is 4.74 Å². The van der Waals surface area contributed by atoms with Crippen LogP contribution in [-0.4, -0.2) is 24.8 Å². The number of esters is 1. The van der Waals surface area contributed by atoms with Gasteiger partial charge in [-0.1, -0.05) is 25.1 Å². The summed E-state index contributed by atoms with van der Waals surface area (Å²) >= 11 is 0. The molecule has 1 fully saturated rings. The lowest BCUT2D eigenvalue weighted by molar-refractivity contribution is -0.137. The maximum absolute atomic E-state index is 12.9. The monoisotopic (exact) mass is 301 g/mol. The summed E-state index contributed by atoms with van der Waals surface area (Å²) in [6.07, 6.45) is 1.88. The summed E-state index contributed by atoms with van der Waals surface area (Å²) in [5.74, 6) is -1.02. The second kappa shape index (κ2) is 6.13. The molecule has 22 heavy (non-hydrogen) atoms. The van der Waals surface area contributed by atoms with E-state index in [0.717, 1.165) is 0 Å². The van der Waals surface area contributed by atoms with Gasteiger partial charge in [-0.3, -0.25) is 14.5 Å². The Morgan fingerprint density at radius 2 is 1.95 bits per heavy atom. The fourth-order valence-electron chi connectivity index (χ4n) is 2.78. The first-order chi connectivity index (χ1) is 10.5. The average Bonchev–Trinajstić information content (AvgIpc) is 2.81. The van der Waals surface area contributed by atoms with E-state index in [-0.39, 0.29) is 18.1 Å². The van der Waals surface area contributed by atoms with Gasteiger partial charge in [0, 0.05) is 23.9 Å². The minimum Gasteiger partial charge on any atom is -0.466 e. The van der Waals surface area contributed by atoms with Crippen molar-refractivity contribution in [3.05, 3.63) is 42.1 Å². The number of allylic oxidation sites excluding steroid dienone is 1. The number of benzene rings is 1. The van der Waals surface area contributed by atoms with Crippen LogP contribution in [0.3, 0.4) is 0 Å². The van der Waals surface area contributed by atoms with Crippen LogP contribution in [0.5, 0.6) is 0 Å². The van der Waals surface area contributed by atoms with E-state index in [1.54, 1.807) is 24.3 Å². The quantitative estimate of drug-likeness (QED) is 0.487. The Balaban J connectivity index is 2.56. The molecule has 1 amide bonds. The minimum atomic E-state index is -1.10. The van der Waals surface area contributed by atoms with Gasteiger partial charge in [-0.2, -0.15) is 0 Å². The van der Waals surface area contributed by atoms with Crippen LogP contribution in [0.25, 0.3) is 0 Å². The largest absolute Gasteiger partial charge is 0.466 e. The van der Waals surface area contributed by atoms with E-state index in [9.17, 15) is 14.4 Å². The highest BCUT2D eigenvalue weighted by molar-refractivity contribution is 6.16. The first-order valence-corrected chi connectivity index (χ1v) is 7.15. The lowest BCUT2D eigenvalue weighted by Crippen LogP contribution is -2.39. The summed E-state index contributed by atoms with van der Waals surface area (Å²) in [6, 6.07) is 8.99. The van der Waals surface area contributed by atoms with Crippen LogP contribution in [0.15, 0.2) is 42.1 Å². The molecule has 1 unspecified atom stereocenters. The van der Waals surface area contributed by atoms with Gasteiger partial charge in [-0.25, -0.2) is 4.79 Å². The third-order valence-electron chi connectivity index (χ3n) is 4.16. The van der Waals surface area contributed by atoms with Crippen molar-refractivity contribution in [1.29, 1.82) is 0 Å². The number of ether oxygens (including phenoxy) is 1. The molecule has 1 saturated heterocycles. The summed E-state index contributed by atoms with van der Waals surface area (Å²) in [7, 11) is 1.28. The number of methoxy groups -OCH3 is 1. The zero-order chi connectivity index (χ0) is 16.3. The third kappa shape index (κ3) is 2.54. The molecule has 5 heteroatoms. The highest BCUT2D eigenvalue weighted by atomic mass is 16.5. The molecule has 0 bridgehead atoms. The number of rotatable bonds is 4. The van der Waals surface area contributed by atoms with Crippen molar-refractivity contribution >= 4 is 23.3 Å². The Kier molecular flexibility index (Phi) is 4.45. The van der Waals surface area contributed by atoms with Gasteiger partial charge in [-0.05, 0) is 25.5 Å². The molecule has 0 aromatic heterocycles. The van der Waals surface area contributed by atoms with Gasteiger partial charge in [0.05, 0.1) is 7.11 Å². The van der Waals surface area contributed by atoms with Gasteiger partial charge in [0.1, 0.15) is 11.2 Å². The summed E-state index contributed by atoms with van der Waals surface area (Å²) in [5, 5.41) is 0. The minimum absolute atomic E-state index is 0.186. The van der Waals surface area contributed by atoms with Gasteiger partial charge in [0.25, 0.3) is 0 Å². The number of amides is 1. The Morgan fingerprint density at radius 3 is 2.45 bits per heavy atom. The second-order valence-corrected chi connectivity index (χ2v) is 5.30. The van der Waals surface area contributed by atoms with Gasteiger partial charge >= 0.3 is 5.97 Å². The molecular formula is C17H19NO4. The van der Waals surface area contributed by atoms with E-state index in [2.05, 4.69) is 4.74 Å². The van der Waals surface area contributed by atoms with E-state index < -0.39 is 11.4 Å². The number of ketones is 1. The Hall–Kier alpha value is -2.43. The summed E-state index contributed by atoms with van der Waals surface area (Å²) in [4.78, 5) is 38.0. The molecule has 0 aliphatic carbocycles. The first kappa shape index (κ1) is 15.9. The average molecular weight is 301 g/mol. The predicted molar refractivity (Wildman–Crippen MR) is 82.0 cm³/mol. The first-order valence-electron chi connectivity index (χ1n) is 7.15. The van der Waals surface area contributed by atoms with Crippen molar-refractivity contribution in [2.45, 2.75) is 26.7 Å². The third-order valence-corrected chi connectivity index (χ3v) is 4.16. The molecule has 0 radical (unpaired) electrons. The molecule has 1 aliphatic heterocycles. The molecule has 116 valence electrons. The van der Waals surface area contributed by atoms with Gasteiger partial charge in [0.15, 0.2) is 0 Å². The van der Waals surface area contributed by atoms with Crippen molar-refractivity contribution in [3.8, 4) is 0 Å². The molecule has 2 rings (SSSR count). The van der Waals surface area contributed by atoms with Crippen LogP contribution in [0, 0.1) is 5.41 Å². The zero-order valence-electron chi connectivity index (χ0n) is 13.0. The highest BCUT2D eigenvalue weighted by Gasteiger charge is 2.52. The van der Waals surface area contributed by atoms with Crippen molar-refractivity contribution < 1.29 is 19.1 Å². The summed E-state index contributed by atoms with van der Waals surface area (Å²) in [5.41, 5.74) is 0.0229. The number of Topliss-reactive ketones (excluding diaryl/α,β-unsaturated/α-hetero) is 1. The molecule has 1 atom stereocenters. The second-order valence-electron chi connectivity index (χ2n) is 5.30. The molecular weight excluding hydrogens is 282 g/mol. The number of carbonyl (C=O) groups excluding carboxylic acids is 3.